The van der Waals surface area contributed by atoms with Crippen molar-refractivity contribution >= 4 is 37.3 Å². The summed E-state index contributed by atoms with van der Waals surface area (Å²) < 4.78 is 3.81. The number of Topliss-reactive ketones (excluding diaryl/α,β-unsaturated/α-hetero) is 1. The van der Waals surface area contributed by atoms with Gasteiger partial charge >= 0.3 is 0 Å². The number of carbonyl (C=O) groups excluding carboxylic acids is 1. The highest BCUT2D eigenvalue weighted by molar-refractivity contribution is 6.70. The van der Waals surface area contributed by atoms with E-state index >= 15 is 0 Å². The number of allylic oxidation sites excluding steroid dienone is 1. The Morgan fingerprint density at radius 1 is 1.38 bits per heavy atom. The molecular weight excluding hydrogens is 227 g/mol. The molecule has 0 spiro atoms. The van der Waals surface area contributed by atoms with E-state index in [2.05, 4.69) is 6.58 Å². The van der Waals surface area contributed by atoms with E-state index in [-0.39, 0.29) is 11.5 Å². The molecular formula is C8H14Cl2O2Si. The maximum absolute atomic E-state index is 11.0. The Morgan fingerprint density at radius 3 is 2.00 bits per heavy atom. The van der Waals surface area contributed by atoms with Crippen LogP contribution in [-0.2, 0) is 9.22 Å². The maximum Gasteiger partial charge on any atom is 0.241 e. The number of ketones is 1. The van der Waals surface area contributed by atoms with Gasteiger partial charge in [-0.2, -0.15) is 0 Å². The van der Waals surface area contributed by atoms with E-state index in [1.54, 1.807) is 0 Å². The third-order valence-corrected chi connectivity index (χ3v) is 3.03. The van der Waals surface area contributed by atoms with Gasteiger partial charge in [-0.3, -0.25) is 4.79 Å². The van der Waals surface area contributed by atoms with Crippen molar-refractivity contribution < 1.29 is 9.22 Å². The van der Waals surface area contributed by atoms with Gasteiger partial charge in [-0.05, 0) is 26.6 Å². The van der Waals surface area contributed by atoms with Crippen LogP contribution >= 0.6 is 23.2 Å². The molecule has 0 aromatic carbocycles. The number of halogens is 2. The van der Waals surface area contributed by atoms with Crippen molar-refractivity contribution in [1.29, 1.82) is 0 Å². The third-order valence-electron chi connectivity index (χ3n) is 1.22. The van der Waals surface area contributed by atoms with Gasteiger partial charge in [-0.15, -0.1) is 0 Å². The zero-order chi connectivity index (χ0) is 10.9. The second-order valence-corrected chi connectivity index (χ2v) is 9.52. The molecule has 0 heterocycles. The van der Waals surface area contributed by atoms with Crippen LogP contribution in [0.25, 0.3) is 0 Å². The van der Waals surface area contributed by atoms with Crippen molar-refractivity contribution in [3.8, 4) is 0 Å². The van der Waals surface area contributed by atoms with E-state index in [1.807, 2.05) is 19.6 Å². The standard InChI is InChI=1S/C8H14Cl2O2Si/c1-6(11)8(9,10)7(2)12-13(3,4)5/h2H2,1,3-5H3. The van der Waals surface area contributed by atoms with Crippen LogP contribution in [-0.4, -0.2) is 18.4 Å². The molecule has 0 saturated carbocycles. The Kier molecular flexibility index (Phi) is 4.03. The van der Waals surface area contributed by atoms with E-state index in [9.17, 15) is 4.79 Å². The van der Waals surface area contributed by atoms with Gasteiger partial charge in [0.25, 0.3) is 0 Å². The minimum absolute atomic E-state index is 0.127. The zero-order valence-electron chi connectivity index (χ0n) is 8.28. The fraction of sp³-hybridized carbons (Fsp3) is 0.625. The van der Waals surface area contributed by atoms with Crippen LogP contribution in [0.2, 0.25) is 19.6 Å². The molecule has 0 aliphatic heterocycles. The summed E-state index contributed by atoms with van der Waals surface area (Å²) in [5, 5.41) is 0. The van der Waals surface area contributed by atoms with E-state index in [0.717, 1.165) is 0 Å². The molecule has 0 aliphatic rings. The molecule has 0 saturated heterocycles. The van der Waals surface area contributed by atoms with Crippen LogP contribution in [0.3, 0.4) is 0 Å². The Balaban J connectivity index is 4.53. The second kappa shape index (κ2) is 4.03. The van der Waals surface area contributed by atoms with Crippen LogP contribution in [0, 0.1) is 0 Å². The van der Waals surface area contributed by atoms with Gasteiger partial charge in [0.1, 0.15) is 5.76 Å². The van der Waals surface area contributed by atoms with Gasteiger partial charge in [-0.25, -0.2) is 0 Å². The van der Waals surface area contributed by atoms with Gasteiger partial charge in [0.2, 0.25) is 12.7 Å². The molecule has 76 valence electrons. The van der Waals surface area contributed by atoms with Crippen molar-refractivity contribution in [2.75, 3.05) is 0 Å². The molecule has 13 heavy (non-hydrogen) atoms. The van der Waals surface area contributed by atoms with Crippen LogP contribution in [0.15, 0.2) is 12.3 Å². The molecule has 0 rings (SSSR count). The first-order valence-corrected chi connectivity index (χ1v) is 8.01. The molecule has 2 nitrogen and oxygen atoms in total. The van der Waals surface area contributed by atoms with Crippen LogP contribution < -0.4 is 0 Å². The van der Waals surface area contributed by atoms with Gasteiger partial charge < -0.3 is 4.43 Å². The lowest BCUT2D eigenvalue weighted by molar-refractivity contribution is -0.117. The lowest BCUT2D eigenvalue weighted by Crippen LogP contribution is -2.34. The summed E-state index contributed by atoms with van der Waals surface area (Å²) in [5.74, 6) is -0.249. The second-order valence-electron chi connectivity index (χ2n) is 3.77. The van der Waals surface area contributed by atoms with E-state index in [1.165, 1.54) is 6.92 Å². The molecule has 0 aromatic rings. The predicted octanol–water partition coefficient (Wildman–Crippen LogP) is 3.11. The summed E-state index contributed by atoms with van der Waals surface area (Å²) in [7, 11) is -1.80. The first kappa shape index (κ1) is 13.0. The minimum atomic E-state index is -1.80. The molecule has 0 fully saturated rings. The van der Waals surface area contributed by atoms with E-state index in [0.29, 0.717) is 0 Å². The van der Waals surface area contributed by atoms with Crippen molar-refractivity contribution in [2.24, 2.45) is 0 Å². The van der Waals surface area contributed by atoms with Gasteiger partial charge in [0.05, 0.1) is 0 Å². The molecule has 0 N–H and O–H groups in total. The lowest BCUT2D eigenvalue weighted by atomic mass is 10.3. The molecule has 0 amide bonds. The Bertz CT molecular complexity index is 231. The summed E-state index contributed by atoms with van der Waals surface area (Å²) in [4.78, 5) is 11.0. The summed E-state index contributed by atoms with van der Waals surface area (Å²) in [6, 6.07) is 0. The minimum Gasteiger partial charge on any atom is -0.545 e. The van der Waals surface area contributed by atoms with Gasteiger partial charge in [0.15, 0.2) is 5.78 Å². The van der Waals surface area contributed by atoms with Crippen molar-refractivity contribution in [2.45, 2.75) is 30.9 Å². The number of alkyl halides is 2. The van der Waals surface area contributed by atoms with Crippen LogP contribution in [0.4, 0.5) is 0 Å². The zero-order valence-corrected chi connectivity index (χ0v) is 10.8. The normalized spacial score (nSPS) is 12.5. The summed E-state index contributed by atoms with van der Waals surface area (Å²) in [5.41, 5.74) is 0. The number of hydrogen-bond donors (Lipinski definition) is 0. The highest BCUT2D eigenvalue weighted by Crippen LogP contribution is 2.32. The highest BCUT2D eigenvalue weighted by Gasteiger charge is 2.37. The smallest absolute Gasteiger partial charge is 0.241 e. The van der Waals surface area contributed by atoms with Gasteiger partial charge in [-0.1, -0.05) is 29.8 Å². The summed E-state index contributed by atoms with van der Waals surface area (Å²) >= 11 is 11.5. The van der Waals surface area contributed by atoms with Crippen molar-refractivity contribution in [1.82, 2.24) is 0 Å². The Labute approximate surface area is 90.0 Å². The molecule has 0 atom stereocenters. The summed E-state index contributed by atoms with van der Waals surface area (Å²) in [6.45, 7) is 10.7. The number of carbonyl (C=O) groups is 1. The van der Waals surface area contributed by atoms with Crippen molar-refractivity contribution in [3.63, 3.8) is 0 Å². The molecule has 0 aliphatic carbocycles. The number of hydrogen-bond acceptors (Lipinski definition) is 2. The average molecular weight is 241 g/mol. The Morgan fingerprint density at radius 2 is 1.77 bits per heavy atom. The maximum atomic E-state index is 11.0. The monoisotopic (exact) mass is 240 g/mol. The van der Waals surface area contributed by atoms with E-state index in [4.69, 9.17) is 27.6 Å². The number of rotatable bonds is 4. The third kappa shape index (κ3) is 4.16. The van der Waals surface area contributed by atoms with E-state index < -0.39 is 12.7 Å². The first-order valence-electron chi connectivity index (χ1n) is 3.84. The fourth-order valence-electron chi connectivity index (χ4n) is 0.630. The Hall–Kier alpha value is 0.00688. The molecule has 5 heteroatoms. The largest absolute Gasteiger partial charge is 0.545 e. The lowest BCUT2D eigenvalue weighted by Gasteiger charge is -2.26. The molecule has 0 unspecified atom stereocenters. The fourth-order valence-corrected chi connectivity index (χ4v) is 1.73. The molecule has 0 aromatic heterocycles. The average Bonchev–Trinajstić information content (AvgIpc) is 1.82. The highest BCUT2D eigenvalue weighted by atomic mass is 35.5. The van der Waals surface area contributed by atoms with Crippen molar-refractivity contribution in [3.05, 3.63) is 12.3 Å². The quantitative estimate of drug-likeness (QED) is 0.429. The first-order chi connectivity index (χ1) is 5.57. The predicted molar refractivity (Wildman–Crippen MR) is 58.7 cm³/mol. The molecule has 0 bridgehead atoms. The van der Waals surface area contributed by atoms with Crippen LogP contribution in [0.5, 0.6) is 0 Å². The molecule has 0 radical (unpaired) electrons. The van der Waals surface area contributed by atoms with Crippen LogP contribution in [0.1, 0.15) is 6.92 Å². The topological polar surface area (TPSA) is 26.3 Å². The van der Waals surface area contributed by atoms with Gasteiger partial charge in [0, 0.05) is 0 Å². The summed E-state index contributed by atoms with van der Waals surface area (Å²) in [6.07, 6.45) is 0. The SMILES string of the molecule is C=C(O[Si](C)(C)C)C(Cl)(Cl)C(C)=O.